The standard InChI is InChI=1S/C16H17ClFNO/c1-2-19-10-12-6-7-16(15(18)9-12)20-11-13-4-3-5-14(17)8-13/h3-9,19H,2,10-11H2,1H3. The molecule has 0 aliphatic heterocycles. The van der Waals surface area contributed by atoms with Crippen molar-refractivity contribution in [2.45, 2.75) is 20.1 Å². The van der Waals surface area contributed by atoms with Crippen LogP contribution in [0.2, 0.25) is 5.02 Å². The lowest BCUT2D eigenvalue weighted by atomic mass is 10.2. The first kappa shape index (κ1) is 14.8. The molecule has 0 radical (unpaired) electrons. The average molecular weight is 294 g/mol. The van der Waals surface area contributed by atoms with Crippen LogP contribution in [0.25, 0.3) is 0 Å². The molecule has 0 atom stereocenters. The summed E-state index contributed by atoms with van der Waals surface area (Å²) in [5.74, 6) is -0.0901. The third kappa shape index (κ3) is 4.22. The molecule has 4 heteroatoms. The molecule has 2 rings (SSSR count). The summed E-state index contributed by atoms with van der Waals surface area (Å²) in [6.45, 7) is 3.82. The van der Waals surface area contributed by atoms with Gasteiger partial charge in [0, 0.05) is 11.6 Å². The number of rotatable bonds is 6. The van der Waals surface area contributed by atoms with E-state index in [1.807, 2.05) is 25.1 Å². The quantitative estimate of drug-likeness (QED) is 0.863. The monoisotopic (exact) mass is 293 g/mol. The second kappa shape index (κ2) is 7.27. The van der Waals surface area contributed by atoms with Gasteiger partial charge in [0.05, 0.1) is 0 Å². The summed E-state index contributed by atoms with van der Waals surface area (Å²) in [5, 5.41) is 3.80. The molecule has 0 amide bonds. The maximum atomic E-state index is 13.9. The first-order valence-corrected chi connectivity index (χ1v) is 6.93. The first-order chi connectivity index (χ1) is 9.69. The Morgan fingerprint density at radius 3 is 2.70 bits per heavy atom. The lowest BCUT2D eigenvalue weighted by Gasteiger charge is -2.09. The molecule has 0 heterocycles. The van der Waals surface area contributed by atoms with Gasteiger partial charge in [0.1, 0.15) is 6.61 Å². The Morgan fingerprint density at radius 1 is 1.15 bits per heavy atom. The molecule has 0 aliphatic carbocycles. The third-order valence-electron chi connectivity index (χ3n) is 2.86. The van der Waals surface area contributed by atoms with Crippen LogP contribution in [-0.4, -0.2) is 6.54 Å². The van der Waals surface area contributed by atoms with Gasteiger partial charge in [-0.15, -0.1) is 0 Å². The van der Waals surface area contributed by atoms with Gasteiger partial charge < -0.3 is 10.1 Å². The largest absolute Gasteiger partial charge is 0.486 e. The van der Waals surface area contributed by atoms with Crippen LogP contribution in [0.4, 0.5) is 4.39 Å². The number of hydrogen-bond donors (Lipinski definition) is 1. The van der Waals surface area contributed by atoms with E-state index in [0.717, 1.165) is 17.7 Å². The van der Waals surface area contributed by atoms with Gasteiger partial charge in [-0.3, -0.25) is 0 Å². The van der Waals surface area contributed by atoms with Gasteiger partial charge in [-0.05, 0) is 41.9 Å². The normalized spacial score (nSPS) is 10.6. The molecular weight excluding hydrogens is 277 g/mol. The molecule has 0 saturated carbocycles. The van der Waals surface area contributed by atoms with Crippen molar-refractivity contribution in [1.29, 1.82) is 0 Å². The average Bonchev–Trinajstić information content (AvgIpc) is 2.44. The minimum absolute atomic E-state index is 0.255. The Morgan fingerprint density at radius 2 is 2.00 bits per heavy atom. The Kier molecular flexibility index (Phi) is 5.39. The van der Waals surface area contributed by atoms with Gasteiger partial charge in [0.15, 0.2) is 11.6 Å². The Hall–Kier alpha value is -1.58. The highest BCUT2D eigenvalue weighted by Gasteiger charge is 2.05. The Bertz CT molecular complexity index is 574. The third-order valence-corrected chi connectivity index (χ3v) is 3.09. The van der Waals surface area contributed by atoms with Crippen molar-refractivity contribution in [3.63, 3.8) is 0 Å². The molecule has 2 aromatic rings. The molecule has 1 N–H and O–H groups in total. The van der Waals surface area contributed by atoms with Crippen LogP contribution in [0, 0.1) is 5.82 Å². The van der Waals surface area contributed by atoms with Gasteiger partial charge in [0.25, 0.3) is 0 Å². The molecule has 0 spiro atoms. The zero-order valence-electron chi connectivity index (χ0n) is 11.3. The summed E-state index contributed by atoms with van der Waals surface area (Å²) < 4.78 is 19.4. The van der Waals surface area contributed by atoms with E-state index in [9.17, 15) is 4.39 Å². The van der Waals surface area contributed by atoms with E-state index in [4.69, 9.17) is 16.3 Å². The molecule has 0 aliphatic rings. The Balaban J connectivity index is 1.99. The van der Waals surface area contributed by atoms with Gasteiger partial charge in [-0.1, -0.05) is 36.7 Å². The van der Waals surface area contributed by atoms with Crippen LogP contribution in [0.15, 0.2) is 42.5 Å². The highest BCUT2D eigenvalue weighted by atomic mass is 35.5. The number of hydrogen-bond acceptors (Lipinski definition) is 2. The summed E-state index contributed by atoms with van der Waals surface area (Å²) in [7, 11) is 0. The van der Waals surface area contributed by atoms with Crippen molar-refractivity contribution in [1.82, 2.24) is 5.32 Å². The van der Waals surface area contributed by atoms with E-state index in [1.165, 1.54) is 6.07 Å². The summed E-state index contributed by atoms with van der Waals surface area (Å²) in [5.41, 5.74) is 1.81. The van der Waals surface area contributed by atoms with E-state index in [0.29, 0.717) is 18.2 Å². The summed E-state index contributed by atoms with van der Waals surface area (Å²) >= 11 is 5.89. The van der Waals surface area contributed by atoms with Crippen molar-refractivity contribution < 1.29 is 9.13 Å². The topological polar surface area (TPSA) is 21.3 Å². The second-order valence-corrected chi connectivity index (χ2v) is 4.90. The summed E-state index contributed by atoms with van der Waals surface area (Å²) in [6.07, 6.45) is 0. The number of halogens is 2. The maximum Gasteiger partial charge on any atom is 0.165 e. The fraction of sp³-hybridized carbons (Fsp3) is 0.250. The fourth-order valence-corrected chi connectivity index (χ4v) is 2.04. The summed E-state index contributed by atoms with van der Waals surface area (Å²) in [4.78, 5) is 0. The van der Waals surface area contributed by atoms with Crippen LogP contribution in [0.5, 0.6) is 5.75 Å². The van der Waals surface area contributed by atoms with E-state index in [1.54, 1.807) is 18.2 Å². The molecule has 0 aromatic heterocycles. The molecule has 20 heavy (non-hydrogen) atoms. The lowest BCUT2D eigenvalue weighted by Crippen LogP contribution is -2.11. The molecule has 106 valence electrons. The molecule has 0 bridgehead atoms. The van der Waals surface area contributed by atoms with Crippen LogP contribution in [0.3, 0.4) is 0 Å². The minimum Gasteiger partial charge on any atom is -0.486 e. The maximum absolute atomic E-state index is 13.9. The van der Waals surface area contributed by atoms with Gasteiger partial charge >= 0.3 is 0 Å². The van der Waals surface area contributed by atoms with Gasteiger partial charge in [-0.2, -0.15) is 0 Å². The van der Waals surface area contributed by atoms with E-state index >= 15 is 0 Å². The van der Waals surface area contributed by atoms with E-state index in [-0.39, 0.29) is 11.6 Å². The van der Waals surface area contributed by atoms with Crippen molar-refractivity contribution >= 4 is 11.6 Å². The predicted octanol–water partition coefficient (Wildman–Crippen LogP) is 4.17. The molecule has 0 fully saturated rings. The first-order valence-electron chi connectivity index (χ1n) is 6.55. The van der Waals surface area contributed by atoms with Crippen LogP contribution >= 0.6 is 11.6 Å². The second-order valence-electron chi connectivity index (χ2n) is 4.46. The van der Waals surface area contributed by atoms with Gasteiger partial charge in [-0.25, -0.2) is 4.39 Å². The van der Waals surface area contributed by atoms with Crippen LogP contribution < -0.4 is 10.1 Å². The number of nitrogens with one attached hydrogen (secondary N) is 1. The molecule has 0 saturated heterocycles. The van der Waals surface area contributed by atoms with Crippen molar-refractivity contribution in [3.8, 4) is 5.75 Å². The zero-order valence-corrected chi connectivity index (χ0v) is 12.1. The predicted molar refractivity (Wildman–Crippen MR) is 79.6 cm³/mol. The highest BCUT2D eigenvalue weighted by Crippen LogP contribution is 2.20. The van der Waals surface area contributed by atoms with E-state index in [2.05, 4.69) is 5.32 Å². The Labute approximate surface area is 123 Å². The van der Waals surface area contributed by atoms with Crippen molar-refractivity contribution in [3.05, 3.63) is 64.4 Å². The summed E-state index contributed by atoms with van der Waals surface area (Å²) in [6, 6.07) is 12.3. The van der Waals surface area contributed by atoms with Gasteiger partial charge in [0.2, 0.25) is 0 Å². The lowest BCUT2D eigenvalue weighted by molar-refractivity contribution is 0.290. The SMILES string of the molecule is CCNCc1ccc(OCc2cccc(Cl)c2)c(F)c1. The number of ether oxygens (including phenoxy) is 1. The molecular formula is C16H17ClFNO. The fourth-order valence-electron chi connectivity index (χ4n) is 1.83. The van der Waals surface area contributed by atoms with Crippen molar-refractivity contribution in [2.24, 2.45) is 0 Å². The molecule has 0 unspecified atom stereocenters. The zero-order chi connectivity index (χ0) is 14.4. The highest BCUT2D eigenvalue weighted by molar-refractivity contribution is 6.30. The molecule has 2 nitrogen and oxygen atoms in total. The van der Waals surface area contributed by atoms with Crippen molar-refractivity contribution in [2.75, 3.05) is 6.54 Å². The minimum atomic E-state index is -0.345. The van der Waals surface area contributed by atoms with Crippen LogP contribution in [-0.2, 0) is 13.2 Å². The van der Waals surface area contributed by atoms with Crippen LogP contribution in [0.1, 0.15) is 18.1 Å². The van der Waals surface area contributed by atoms with E-state index < -0.39 is 0 Å². The smallest absolute Gasteiger partial charge is 0.165 e. The number of benzene rings is 2. The molecule has 2 aromatic carbocycles.